The summed E-state index contributed by atoms with van der Waals surface area (Å²) < 4.78 is 6.23. The highest BCUT2D eigenvalue weighted by molar-refractivity contribution is 5.94. The van der Waals surface area contributed by atoms with Crippen molar-refractivity contribution in [1.82, 2.24) is 19.8 Å². The predicted molar refractivity (Wildman–Crippen MR) is 115 cm³/mol. The van der Waals surface area contributed by atoms with E-state index in [2.05, 4.69) is 16.0 Å². The smallest absolute Gasteiger partial charge is 0.255 e. The zero-order chi connectivity index (χ0) is 20.5. The van der Waals surface area contributed by atoms with Crippen molar-refractivity contribution in [3.8, 4) is 5.88 Å². The van der Waals surface area contributed by atoms with Gasteiger partial charge in [-0.15, -0.1) is 0 Å². The topological polar surface area (TPSA) is 58.6 Å². The third-order valence-electron chi connectivity index (χ3n) is 6.82. The first-order chi connectivity index (χ1) is 14.7. The van der Waals surface area contributed by atoms with E-state index in [1.54, 1.807) is 6.20 Å². The van der Waals surface area contributed by atoms with Gasteiger partial charge in [-0.25, -0.2) is 4.98 Å². The molecule has 0 bridgehead atoms. The summed E-state index contributed by atoms with van der Waals surface area (Å²) in [6.45, 7) is 5.48. The molecule has 2 fully saturated rings. The molecule has 4 heterocycles. The molecule has 30 heavy (non-hydrogen) atoms. The Bertz CT molecular complexity index is 902. The van der Waals surface area contributed by atoms with Crippen molar-refractivity contribution in [2.75, 3.05) is 19.6 Å². The quantitative estimate of drug-likeness (QED) is 0.779. The SMILES string of the molecule is Cc1ccc(C(=O)N2CCc3nc(OC4CCN(C5CCC5)CC4)ccc3C2)cn1. The van der Waals surface area contributed by atoms with Gasteiger partial charge in [0.15, 0.2) is 0 Å². The van der Waals surface area contributed by atoms with Gasteiger partial charge in [-0.2, -0.15) is 0 Å². The van der Waals surface area contributed by atoms with Crippen molar-refractivity contribution in [3.63, 3.8) is 0 Å². The van der Waals surface area contributed by atoms with Crippen LogP contribution in [-0.2, 0) is 13.0 Å². The summed E-state index contributed by atoms with van der Waals surface area (Å²) in [4.78, 5) is 26.3. The number of hydrogen-bond donors (Lipinski definition) is 0. The maximum atomic E-state index is 12.8. The van der Waals surface area contributed by atoms with Crippen LogP contribution in [0, 0.1) is 6.92 Å². The molecule has 0 radical (unpaired) electrons. The minimum atomic E-state index is 0.0340. The van der Waals surface area contributed by atoms with Crippen LogP contribution in [0.1, 0.15) is 59.4 Å². The van der Waals surface area contributed by atoms with Crippen LogP contribution < -0.4 is 4.74 Å². The van der Waals surface area contributed by atoms with Crippen LogP contribution in [0.5, 0.6) is 5.88 Å². The average Bonchev–Trinajstić information content (AvgIpc) is 2.73. The van der Waals surface area contributed by atoms with Crippen LogP contribution in [0.15, 0.2) is 30.5 Å². The third-order valence-corrected chi connectivity index (χ3v) is 6.82. The molecule has 158 valence electrons. The highest BCUT2D eigenvalue weighted by Gasteiger charge is 2.30. The Hall–Kier alpha value is -2.47. The first kappa shape index (κ1) is 19.5. The summed E-state index contributed by atoms with van der Waals surface area (Å²) in [6.07, 6.45) is 9.00. The molecule has 0 N–H and O–H groups in total. The van der Waals surface area contributed by atoms with Crippen molar-refractivity contribution in [2.24, 2.45) is 0 Å². The van der Waals surface area contributed by atoms with Gasteiger partial charge in [0.2, 0.25) is 5.88 Å². The molecule has 2 aromatic heterocycles. The lowest BCUT2D eigenvalue weighted by molar-refractivity contribution is 0.0473. The first-order valence-electron chi connectivity index (χ1n) is 11.3. The maximum absolute atomic E-state index is 12.8. The Morgan fingerprint density at radius 2 is 1.90 bits per heavy atom. The molecule has 0 unspecified atom stereocenters. The van der Waals surface area contributed by atoms with Gasteiger partial charge in [0.25, 0.3) is 5.91 Å². The molecule has 1 saturated carbocycles. The molecule has 0 atom stereocenters. The van der Waals surface area contributed by atoms with E-state index in [0.717, 1.165) is 61.2 Å². The van der Waals surface area contributed by atoms with Crippen molar-refractivity contribution in [2.45, 2.75) is 64.1 Å². The number of nitrogens with zero attached hydrogens (tertiary/aromatic N) is 4. The number of ether oxygens (including phenoxy) is 1. The van der Waals surface area contributed by atoms with Crippen LogP contribution in [0.4, 0.5) is 0 Å². The van der Waals surface area contributed by atoms with Crippen molar-refractivity contribution in [3.05, 3.63) is 53.0 Å². The summed E-state index contributed by atoms with van der Waals surface area (Å²) in [5.41, 5.74) is 3.73. The molecule has 3 aliphatic rings. The van der Waals surface area contributed by atoms with E-state index in [9.17, 15) is 4.79 Å². The number of piperidine rings is 1. The lowest BCUT2D eigenvalue weighted by Crippen LogP contribution is -2.46. The normalized spacial score (nSPS) is 20.5. The van der Waals surface area contributed by atoms with E-state index >= 15 is 0 Å². The first-order valence-corrected chi connectivity index (χ1v) is 11.3. The lowest BCUT2D eigenvalue weighted by Gasteiger charge is -2.41. The van der Waals surface area contributed by atoms with Gasteiger partial charge in [-0.3, -0.25) is 9.78 Å². The second kappa shape index (κ2) is 8.34. The average molecular weight is 407 g/mol. The maximum Gasteiger partial charge on any atom is 0.255 e. The van der Waals surface area contributed by atoms with Gasteiger partial charge in [0, 0.05) is 56.6 Å². The molecule has 1 aliphatic carbocycles. The Balaban J connectivity index is 1.18. The van der Waals surface area contributed by atoms with Gasteiger partial charge in [-0.1, -0.05) is 12.5 Å². The molecular formula is C24H30N4O2. The second-order valence-corrected chi connectivity index (χ2v) is 8.86. The second-order valence-electron chi connectivity index (χ2n) is 8.86. The van der Waals surface area contributed by atoms with Gasteiger partial charge >= 0.3 is 0 Å². The van der Waals surface area contributed by atoms with Gasteiger partial charge in [0.05, 0.1) is 11.3 Å². The monoisotopic (exact) mass is 406 g/mol. The summed E-state index contributed by atoms with van der Waals surface area (Å²) >= 11 is 0. The molecule has 6 nitrogen and oxygen atoms in total. The van der Waals surface area contributed by atoms with Crippen molar-refractivity contribution >= 4 is 5.91 Å². The van der Waals surface area contributed by atoms with E-state index in [0.29, 0.717) is 18.7 Å². The number of rotatable bonds is 4. The molecular weight excluding hydrogens is 376 g/mol. The molecule has 2 aliphatic heterocycles. The van der Waals surface area contributed by atoms with Crippen LogP contribution in [0.3, 0.4) is 0 Å². The van der Waals surface area contributed by atoms with Crippen molar-refractivity contribution < 1.29 is 9.53 Å². The zero-order valence-electron chi connectivity index (χ0n) is 17.7. The third kappa shape index (κ3) is 4.06. The molecule has 5 rings (SSSR count). The zero-order valence-corrected chi connectivity index (χ0v) is 17.7. The summed E-state index contributed by atoms with van der Waals surface area (Å²) in [5.74, 6) is 0.769. The van der Waals surface area contributed by atoms with Crippen molar-refractivity contribution in [1.29, 1.82) is 0 Å². The minimum absolute atomic E-state index is 0.0340. The summed E-state index contributed by atoms with van der Waals surface area (Å²) in [7, 11) is 0. The summed E-state index contributed by atoms with van der Waals surface area (Å²) in [5, 5.41) is 0. The standard InChI is InChI=1S/C24H30N4O2/c1-17-5-6-18(15-25-17)24(29)28-14-11-22-19(16-28)7-8-23(26-22)30-21-9-12-27(13-10-21)20-3-2-4-20/h5-8,15,20-21H,2-4,9-14,16H2,1H3. The lowest BCUT2D eigenvalue weighted by atomic mass is 9.90. The number of pyridine rings is 2. The van der Waals surface area contributed by atoms with E-state index < -0.39 is 0 Å². The van der Waals surface area contributed by atoms with Gasteiger partial charge in [-0.05, 0) is 50.3 Å². The summed E-state index contributed by atoms with van der Waals surface area (Å²) in [6, 6.07) is 8.61. The fraction of sp³-hybridized carbons (Fsp3) is 0.542. The van der Waals surface area contributed by atoms with Gasteiger partial charge < -0.3 is 14.5 Å². The minimum Gasteiger partial charge on any atom is -0.474 e. The molecule has 0 aromatic carbocycles. The van der Waals surface area contributed by atoms with Crippen LogP contribution in [0.25, 0.3) is 0 Å². The van der Waals surface area contributed by atoms with Crippen LogP contribution in [-0.4, -0.2) is 57.5 Å². The van der Waals surface area contributed by atoms with E-state index in [-0.39, 0.29) is 12.0 Å². The van der Waals surface area contributed by atoms with Crippen LogP contribution in [0.2, 0.25) is 0 Å². The number of carbonyl (C=O) groups is 1. The number of fused-ring (bicyclic) bond motifs is 1. The van der Waals surface area contributed by atoms with E-state index in [1.165, 1.54) is 19.3 Å². The van der Waals surface area contributed by atoms with Gasteiger partial charge in [0.1, 0.15) is 6.10 Å². The number of aryl methyl sites for hydroxylation is 1. The Kier molecular flexibility index (Phi) is 5.42. The largest absolute Gasteiger partial charge is 0.474 e. The van der Waals surface area contributed by atoms with Crippen LogP contribution >= 0.6 is 0 Å². The van der Waals surface area contributed by atoms with E-state index in [1.807, 2.05) is 30.0 Å². The fourth-order valence-corrected chi connectivity index (χ4v) is 4.69. The number of aromatic nitrogens is 2. The number of amides is 1. The molecule has 1 amide bonds. The Labute approximate surface area is 178 Å². The number of likely N-dealkylation sites (tertiary alicyclic amines) is 1. The fourth-order valence-electron chi connectivity index (χ4n) is 4.69. The van der Waals surface area contributed by atoms with E-state index in [4.69, 9.17) is 9.72 Å². The number of hydrogen-bond acceptors (Lipinski definition) is 5. The highest BCUT2D eigenvalue weighted by Crippen LogP contribution is 2.29. The predicted octanol–water partition coefficient (Wildman–Crippen LogP) is 3.38. The Morgan fingerprint density at radius 1 is 1.07 bits per heavy atom. The molecule has 0 spiro atoms. The molecule has 1 saturated heterocycles. The number of carbonyl (C=O) groups excluding carboxylic acids is 1. The molecule has 2 aromatic rings. The Morgan fingerprint density at radius 3 is 2.60 bits per heavy atom. The highest BCUT2D eigenvalue weighted by atomic mass is 16.5. The molecule has 6 heteroatoms.